The summed E-state index contributed by atoms with van der Waals surface area (Å²) in [5, 5.41) is 3.35. The average Bonchev–Trinajstić information content (AvgIpc) is 2.63. The number of methoxy groups -OCH3 is 1. The van der Waals surface area contributed by atoms with Gasteiger partial charge in [0.05, 0.1) is 18.7 Å². The van der Waals surface area contributed by atoms with Crippen molar-refractivity contribution < 1.29 is 14.3 Å². The summed E-state index contributed by atoms with van der Waals surface area (Å²) in [4.78, 5) is 18.8. The highest BCUT2D eigenvalue weighted by atomic mass is 35.5. The van der Waals surface area contributed by atoms with Crippen molar-refractivity contribution in [3.63, 3.8) is 0 Å². The summed E-state index contributed by atoms with van der Waals surface area (Å²) in [6.07, 6.45) is 1.88. The number of aromatic nitrogens is 1. The molecule has 1 amide bonds. The maximum absolute atomic E-state index is 12.3. The summed E-state index contributed by atoms with van der Waals surface area (Å²) in [5.74, 6) is 1.19. The number of amides is 1. The maximum Gasteiger partial charge on any atom is 0.238 e. The van der Waals surface area contributed by atoms with Gasteiger partial charge in [-0.1, -0.05) is 17.7 Å². The molecule has 144 valence electrons. The Balaban J connectivity index is 1.44. The summed E-state index contributed by atoms with van der Waals surface area (Å²) < 4.78 is 11.1. The van der Waals surface area contributed by atoms with E-state index in [2.05, 4.69) is 15.2 Å². The number of likely N-dealkylation sites (tertiary alicyclic amines) is 1. The number of hydrogen-bond acceptors (Lipinski definition) is 5. The first kappa shape index (κ1) is 19.5. The molecule has 0 bridgehead atoms. The monoisotopic (exact) mass is 389 g/mol. The van der Waals surface area contributed by atoms with E-state index in [9.17, 15) is 4.79 Å². The van der Waals surface area contributed by atoms with E-state index in [-0.39, 0.29) is 12.0 Å². The van der Waals surface area contributed by atoms with Gasteiger partial charge >= 0.3 is 0 Å². The molecule has 0 radical (unpaired) electrons. The molecule has 0 aliphatic carbocycles. The first-order valence-corrected chi connectivity index (χ1v) is 9.37. The van der Waals surface area contributed by atoms with Gasteiger partial charge in [0, 0.05) is 30.5 Å². The molecule has 1 aliphatic heterocycles. The minimum absolute atomic E-state index is 0.0593. The molecule has 0 unspecified atom stereocenters. The number of ether oxygens (including phenoxy) is 2. The fourth-order valence-electron chi connectivity index (χ4n) is 3.09. The third-order valence-corrected chi connectivity index (χ3v) is 4.78. The Morgan fingerprint density at radius 2 is 2.07 bits per heavy atom. The number of nitrogens with one attached hydrogen (secondary N) is 1. The van der Waals surface area contributed by atoms with Crippen LogP contribution in [0.1, 0.15) is 18.5 Å². The van der Waals surface area contributed by atoms with Crippen molar-refractivity contribution in [1.29, 1.82) is 0 Å². The minimum atomic E-state index is -0.0593. The first-order chi connectivity index (χ1) is 13.0. The normalized spacial score (nSPS) is 15.4. The average molecular weight is 390 g/mol. The minimum Gasteiger partial charge on any atom is -0.495 e. The second kappa shape index (κ2) is 9.06. The Morgan fingerprint density at radius 3 is 2.74 bits per heavy atom. The van der Waals surface area contributed by atoms with Crippen molar-refractivity contribution in [2.75, 3.05) is 32.1 Å². The number of benzene rings is 1. The van der Waals surface area contributed by atoms with Crippen LogP contribution in [0.4, 0.5) is 5.69 Å². The van der Waals surface area contributed by atoms with Crippen LogP contribution in [0.2, 0.25) is 5.02 Å². The number of hydrogen-bond donors (Lipinski definition) is 1. The highest BCUT2D eigenvalue weighted by Crippen LogP contribution is 2.27. The lowest BCUT2D eigenvalue weighted by Gasteiger charge is -2.31. The number of aryl methyl sites for hydroxylation is 1. The van der Waals surface area contributed by atoms with Crippen LogP contribution in [0.3, 0.4) is 0 Å². The van der Waals surface area contributed by atoms with Crippen LogP contribution >= 0.6 is 11.6 Å². The van der Waals surface area contributed by atoms with E-state index in [1.807, 2.05) is 25.1 Å². The summed E-state index contributed by atoms with van der Waals surface area (Å²) in [6, 6.07) is 11.0. The molecule has 1 aliphatic rings. The second-order valence-corrected chi connectivity index (χ2v) is 7.02. The summed E-state index contributed by atoms with van der Waals surface area (Å²) in [6.45, 7) is 3.92. The van der Waals surface area contributed by atoms with Crippen LogP contribution in [0.15, 0.2) is 36.4 Å². The Hall–Kier alpha value is -2.31. The van der Waals surface area contributed by atoms with Crippen LogP contribution < -0.4 is 14.8 Å². The predicted octanol–water partition coefficient (Wildman–Crippen LogP) is 3.53. The van der Waals surface area contributed by atoms with Gasteiger partial charge in [0.2, 0.25) is 11.8 Å². The molecule has 1 saturated heterocycles. The molecule has 0 spiro atoms. The largest absolute Gasteiger partial charge is 0.495 e. The van der Waals surface area contributed by atoms with Crippen molar-refractivity contribution in [3.8, 4) is 11.6 Å². The Morgan fingerprint density at radius 1 is 1.30 bits per heavy atom. The number of carbonyl (C=O) groups excluding carboxylic acids is 1. The van der Waals surface area contributed by atoms with Gasteiger partial charge in [0.1, 0.15) is 11.9 Å². The van der Waals surface area contributed by atoms with Gasteiger partial charge in [0.15, 0.2) is 0 Å². The molecule has 1 aromatic heterocycles. The van der Waals surface area contributed by atoms with Crippen LogP contribution in [0.25, 0.3) is 0 Å². The van der Waals surface area contributed by atoms with E-state index < -0.39 is 0 Å². The number of carbonyl (C=O) groups is 1. The Kier molecular flexibility index (Phi) is 6.53. The lowest BCUT2D eigenvalue weighted by atomic mass is 10.1. The number of anilines is 1. The zero-order valence-corrected chi connectivity index (χ0v) is 16.3. The second-order valence-electron chi connectivity index (χ2n) is 6.61. The van der Waals surface area contributed by atoms with Gasteiger partial charge in [-0.05, 0) is 44.0 Å². The maximum atomic E-state index is 12.3. The Labute approximate surface area is 164 Å². The first-order valence-electron chi connectivity index (χ1n) is 8.99. The third-order valence-electron chi connectivity index (χ3n) is 4.49. The van der Waals surface area contributed by atoms with Gasteiger partial charge in [-0.15, -0.1) is 0 Å². The molecule has 0 saturated carbocycles. The summed E-state index contributed by atoms with van der Waals surface area (Å²) in [7, 11) is 1.56. The van der Waals surface area contributed by atoms with Gasteiger partial charge in [-0.2, -0.15) is 0 Å². The van der Waals surface area contributed by atoms with E-state index in [4.69, 9.17) is 21.1 Å². The van der Waals surface area contributed by atoms with Gasteiger partial charge in [-0.3, -0.25) is 9.69 Å². The highest BCUT2D eigenvalue weighted by Gasteiger charge is 2.22. The third kappa shape index (κ3) is 5.58. The molecule has 1 aromatic carbocycles. The fourth-order valence-corrected chi connectivity index (χ4v) is 3.35. The SMILES string of the molecule is COc1ccc(NC(=O)CN2CCC(Oc3cccc(C)n3)CC2)cc1Cl. The number of piperidine rings is 1. The van der Waals surface area contributed by atoms with Crippen LogP contribution in [-0.2, 0) is 4.79 Å². The topological polar surface area (TPSA) is 63.7 Å². The van der Waals surface area contributed by atoms with Crippen molar-refractivity contribution in [2.45, 2.75) is 25.9 Å². The van der Waals surface area contributed by atoms with Crippen LogP contribution in [-0.4, -0.2) is 48.6 Å². The quantitative estimate of drug-likeness (QED) is 0.818. The summed E-state index contributed by atoms with van der Waals surface area (Å²) >= 11 is 6.09. The van der Waals surface area contributed by atoms with E-state index in [0.717, 1.165) is 31.6 Å². The molecule has 2 heterocycles. The highest BCUT2D eigenvalue weighted by molar-refractivity contribution is 6.32. The fraction of sp³-hybridized carbons (Fsp3) is 0.400. The molecule has 1 fully saturated rings. The van der Waals surface area contributed by atoms with E-state index in [1.165, 1.54) is 0 Å². The molecule has 2 aromatic rings. The zero-order chi connectivity index (χ0) is 19.2. The Bertz CT molecular complexity index is 792. The molecule has 1 N–H and O–H groups in total. The van der Waals surface area contributed by atoms with Crippen molar-refractivity contribution in [1.82, 2.24) is 9.88 Å². The number of pyridine rings is 1. The predicted molar refractivity (Wildman–Crippen MR) is 106 cm³/mol. The van der Waals surface area contributed by atoms with E-state index >= 15 is 0 Å². The van der Waals surface area contributed by atoms with Crippen LogP contribution in [0.5, 0.6) is 11.6 Å². The molecular formula is C20H24ClN3O3. The molecule has 27 heavy (non-hydrogen) atoms. The zero-order valence-electron chi connectivity index (χ0n) is 15.6. The van der Waals surface area contributed by atoms with Crippen molar-refractivity contribution in [2.24, 2.45) is 0 Å². The lowest BCUT2D eigenvalue weighted by Crippen LogP contribution is -2.42. The van der Waals surface area contributed by atoms with Gasteiger partial charge in [0.25, 0.3) is 0 Å². The van der Waals surface area contributed by atoms with E-state index in [0.29, 0.717) is 28.9 Å². The molecule has 6 nitrogen and oxygen atoms in total. The number of halogens is 1. The molecular weight excluding hydrogens is 366 g/mol. The molecule has 0 atom stereocenters. The van der Waals surface area contributed by atoms with Crippen LogP contribution in [0, 0.1) is 6.92 Å². The number of rotatable bonds is 6. The van der Waals surface area contributed by atoms with Crippen molar-refractivity contribution >= 4 is 23.2 Å². The molecule has 7 heteroatoms. The van der Waals surface area contributed by atoms with Gasteiger partial charge < -0.3 is 14.8 Å². The lowest BCUT2D eigenvalue weighted by molar-refractivity contribution is -0.117. The van der Waals surface area contributed by atoms with Gasteiger partial charge in [-0.25, -0.2) is 4.98 Å². The smallest absolute Gasteiger partial charge is 0.238 e. The standard InChI is InChI=1S/C20H24ClN3O3/c1-14-4-3-5-20(22-14)27-16-8-10-24(11-9-16)13-19(25)23-15-6-7-18(26-2)17(21)12-15/h3-7,12,16H,8-11,13H2,1-2H3,(H,23,25). The van der Waals surface area contributed by atoms with Crippen molar-refractivity contribution in [3.05, 3.63) is 47.1 Å². The number of nitrogens with zero attached hydrogens (tertiary/aromatic N) is 2. The summed E-state index contributed by atoms with van der Waals surface area (Å²) in [5.41, 5.74) is 1.61. The molecule has 3 rings (SSSR count). The van der Waals surface area contributed by atoms with E-state index in [1.54, 1.807) is 25.3 Å².